The molecule has 3 fully saturated rings. The van der Waals surface area contributed by atoms with Gasteiger partial charge in [0, 0.05) is 41.7 Å². The molecule has 3 heterocycles. The molecule has 37 heavy (non-hydrogen) atoms. The highest BCUT2D eigenvalue weighted by atomic mass is 19.1. The number of carbonyl (C=O) groups excluding carboxylic acids is 2. The number of benzene rings is 1. The zero-order chi connectivity index (χ0) is 25.7. The summed E-state index contributed by atoms with van der Waals surface area (Å²) in [6, 6.07) is 9.11. The van der Waals surface area contributed by atoms with Crippen LogP contribution in [-0.2, 0) is 9.53 Å². The van der Waals surface area contributed by atoms with Gasteiger partial charge in [-0.15, -0.1) is 0 Å². The van der Waals surface area contributed by atoms with Gasteiger partial charge in [-0.3, -0.25) is 9.59 Å². The number of likely N-dealkylation sites (tertiary alicyclic amines) is 1. The molecule has 1 unspecified atom stereocenters. The lowest BCUT2D eigenvalue weighted by Crippen LogP contribution is -2.38. The predicted molar refractivity (Wildman–Crippen MR) is 137 cm³/mol. The number of rotatable bonds is 6. The van der Waals surface area contributed by atoms with Gasteiger partial charge in [0.2, 0.25) is 0 Å². The lowest BCUT2D eigenvalue weighted by Gasteiger charge is -2.27. The highest BCUT2D eigenvalue weighted by molar-refractivity contribution is 5.93. The summed E-state index contributed by atoms with van der Waals surface area (Å²) in [6.07, 6.45) is 6.99. The molecule has 194 valence electrons. The van der Waals surface area contributed by atoms with E-state index >= 15 is 4.39 Å². The highest BCUT2D eigenvalue weighted by Crippen LogP contribution is 2.50. The molecule has 2 saturated carbocycles. The van der Waals surface area contributed by atoms with Crippen molar-refractivity contribution >= 4 is 17.5 Å². The van der Waals surface area contributed by atoms with Gasteiger partial charge in [0.05, 0.1) is 18.2 Å². The molecule has 0 spiro atoms. The van der Waals surface area contributed by atoms with Gasteiger partial charge in [0.25, 0.3) is 5.91 Å². The van der Waals surface area contributed by atoms with Crippen LogP contribution < -0.4 is 0 Å². The van der Waals surface area contributed by atoms with Crippen LogP contribution in [0.5, 0.6) is 0 Å². The number of ether oxygens (including phenoxy) is 1. The molecular weight excluding hydrogens is 471 g/mol. The summed E-state index contributed by atoms with van der Waals surface area (Å²) in [5.74, 6) is -0.780. The average Bonchev–Trinajstić information content (AvgIpc) is 3.80. The van der Waals surface area contributed by atoms with E-state index in [4.69, 9.17) is 14.8 Å². The minimum absolute atomic E-state index is 0.0338. The van der Waals surface area contributed by atoms with E-state index in [1.165, 1.54) is 0 Å². The van der Waals surface area contributed by atoms with Crippen molar-refractivity contribution in [1.82, 2.24) is 19.5 Å². The van der Waals surface area contributed by atoms with E-state index in [0.717, 1.165) is 50.8 Å². The van der Waals surface area contributed by atoms with Crippen LogP contribution in [0.15, 0.2) is 30.3 Å². The number of esters is 1. The Balaban J connectivity index is 1.35. The first-order valence-electron chi connectivity index (χ1n) is 13.6. The molecule has 3 aromatic rings. The summed E-state index contributed by atoms with van der Waals surface area (Å²) in [6.45, 7) is 4.96. The molecule has 2 aliphatic carbocycles. The maximum absolute atomic E-state index is 15.7. The highest BCUT2D eigenvalue weighted by Gasteiger charge is 2.46. The quantitative estimate of drug-likeness (QED) is 0.415. The van der Waals surface area contributed by atoms with Crippen molar-refractivity contribution in [3.8, 4) is 11.3 Å². The number of fused-ring (bicyclic) bond motifs is 1. The zero-order valence-corrected chi connectivity index (χ0v) is 21.5. The van der Waals surface area contributed by atoms with Crippen LogP contribution in [0.3, 0.4) is 0 Å². The third-order valence-electron chi connectivity index (χ3n) is 8.07. The Morgan fingerprint density at radius 2 is 1.97 bits per heavy atom. The normalized spacial score (nSPS) is 23.6. The van der Waals surface area contributed by atoms with Gasteiger partial charge in [0.1, 0.15) is 11.5 Å². The summed E-state index contributed by atoms with van der Waals surface area (Å²) in [5, 5.41) is 4.75. The standard InChI is InChI=1S/C29H33FN4O3/c1-3-37-29(36)22-14-21(22)19-9-7-10-20(27(19)30)23-16-26-31-24(15-25(18-11-12-18)34(26)32-23)28(35)33-13-6-4-5-8-17(33)2/h7,9-10,15-18,21-22H,3-6,8,11-14H2,1-2H3/t17-,21?,22+/m1/s1. The Morgan fingerprint density at radius 3 is 2.76 bits per heavy atom. The van der Waals surface area contributed by atoms with Gasteiger partial charge in [-0.25, -0.2) is 13.9 Å². The molecule has 6 rings (SSSR count). The van der Waals surface area contributed by atoms with Crippen LogP contribution in [0.2, 0.25) is 0 Å². The number of hydrogen-bond donors (Lipinski definition) is 0. The molecule has 1 aromatic carbocycles. The number of carbonyl (C=O) groups is 2. The van der Waals surface area contributed by atoms with Crippen LogP contribution in [0.1, 0.15) is 92.4 Å². The van der Waals surface area contributed by atoms with Gasteiger partial charge >= 0.3 is 5.97 Å². The van der Waals surface area contributed by atoms with Gasteiger partial charge in [-0.05, 0) is 63.6 Å². The number of amides is 1. The lowest BCUT2D eigenvalue weighted by atomic mass is 10.0. The van der Waals surface area contributed by atoms with Crippen LogP contribution in [0.25, 0.3) is 16.9 Å². The minimum atomic E-state index is -0.356. The van der Waals surface area contributed by atoms with Gasteiger partial charge in [0.15, 0.2) is 5.65 Å². The van der Waals surface area contributed by atoms with Crippen LogP contribution >= 0.6 is 0 Å². The molecular formula is C29H33FN4O3. The zero-order valence-electron chi connectivity index (χ0n) is 21.5. The van der Waals surface area contributed by atoms with E-state index < -0.39 is 0 Å². The molecule has 0 bridgehead atoms. The van der Waals surface area contributed by atoms with Gasteiger partial charge in [-0.1, -0.05) is 25.0 Å². The Hall–Kier alpha value is -3.29. The molecule has 8 heteroatoms. The Labute approximate surface area is 216 Å². The third-order valence-corrected chi connectivity index (χ3v) is 8.07. The summed E-state index contributed by atoms with van der Waals surface area (Å²) >= 11 is 0. The monoisotopic (exact) mass is 504 g/mol. The number of hydrogen-bond acceptors (Lipinski definition) is 5. The van der Waals surface area contributed by atoms with E-state index in [0.29, 0.717) is 47.1 Å². The summed E-state index contributed by atoms with van der Waals surface area (Å²) in [7, 11) is 0. The van der Waals surface area contributed by atoms with Gasteiger partial charge < -0.3 is 9.64 Å². The van der Waals surface area contributed by atoms with E-state index in [9.17, 15) is 9.59 Å². The molecule has 1 amide bonds. The Morgan fingerprint density at radius 1 is 1.14 bits per heavy atom. The number of aromatic nitrogens is 3. The second kappa shape index (κ2) is 9.54. The summed E-state index contributed by atoms with van der Waals surface area (Å²) in [4.78, 5) is 32.3. The smallest absolute Gasteiger partial charge is 0.309 e. The molecule has 3 aliphatic rings. The van der Waals surface area contributed by atoms with Crippen molar-refractivity contribution < 1.29 is 18.7 Å². The summed E-state index contributed by atoms with van der Waals surface area (Å²) < 4.78 is 22.6. The van der Waals surface area contributed by atoms with E-state index in [-0.39, 0.29) is 35.6 Å². The Kier molecular flexibility index (Phi) is 6.21. The molecule has 1 aliphatic heterocycles. The molecule has 2 aromatic heterocycles. The van der Waals surface area contributed by atoms with Crippen molar-refractivity contribution in [1.29, 1.82) is 0 Å². The van der Waals surface area contributed by atoms with Crippen molar-refractivity contribution in [2.75, 3.05) is 13.2 Å². The molecule has 7 nitrogen and oxygen atoms in total. The van der Waals surface area contributed by atoms with Crippen LogP contribution in [0, 0.1) is 11.7 Å². The van der Waals surface area contributed by atoms with E-state index in [1.807, 2.05) is 17.0 Å². The first-order valence-corrected chi connectivity index (χ1v) is 13.6. The second-order valence-corrected chi connectivity index (χ2v) is 10.7. The van der Waals surface area contributed by atoms with Crippen LogP contribution in [-0.4, -0.2) is 50.6 Å². The third kappa shape index (κ3) is 4.51. The summed E-state index contributed by atoms with van der Waals surface area (Å²) in [5.41, 5.74) is 3.35. The second-order valence-electron chi connectivity index (χ2n) is 10.7. The topological polar surface area (TPSA) is 76.8 Å². The molecule has 0 N–H and O–H groups in total. The van der Waals surface area contributed by atoms with Crippen molar-refractivity contribution in [3.05, 3.63) is 53.1 Å². The largest absolute Gasteiger partial charge is 0.466 e. The van der Waals surface area contributed by atoms with Crippen molar-refractivity contribution in [2.45, 2.75) is 76.7 Å². The Bertz CT molecular complexity index is 1360. The maximum Gasteiger partial charge on any atom is 0.309 e. The lowest BCUT2D eigenvalue weighted by molar-refractivity contribution is -0.144. The first kappa shape index (κ1) is 24.1. The van der Waals surface area contributed by atoms with Crippen molar-refractivity contribution in [2.24, 2.45) is 5.92 Å². The molecule has 0 radical (unpaired) electrons. The minimum Gasteiger partial charge on any atom is -0.466 e. The van der Waals surface area contributed by atoms with Gasteiger partial charge in [-0.2, -0.15) is 5.10 Å². The van der Waals surface area contributed by atoms with Crippen molar-refractivity contribution in [3.63, 3.8) is 0 Å². The van der Waals surface area contributed by atoms with E-state index in [2.05, 4.69) is 6.92 Å². The fraction of sp³-hybridized carbons (Fsp3) is 0.517. The first-order chi connectivity index (χ1) is 18.0. The average molecular weight is 505 g/mol. The van der Waals surface area contributed by atoms with E-state index in [1.54, 1.807) is 29.6 Å². The SMILES string of the molecule is CCOC(=O)[C@H]1CC1c1cccc(-c2cc3nc(C(=O)N4CCCCC[C@H]4C)cc(C4CC4)n3n2)c1F. The molecule has 1 saturated heterocycles. The number of nitrogens with zero attached hydrogens (tertiary/aromatic N) is 4. The fourth-order valence-electron chi connectivity index (χ4n) is 5.72. The maximum atomic E-state index is 15.7. The van der Waals surface area contributed by atoms with Crippen LogP contribution in [0.4, 0.5) is 4.39 Å². The predicted octanol–water partition coefficient (Wildman–Crippen LogP) is 5.48. The number of halogens is 1. The molecule has 3 atom stereocenters. The fourth-order valence-corrected chi connectivity index (χ4v) is 5.72.